The Kier molecular flexibility index (Phi) is 3.72. The summed E-state index contributed by atoms with van der Waals surface area (Å²) in [6.45, 7) is 0. The van der Waals surface area contributed by atoms with Crippen LogP contribution in [0.3, 0.4) is 0 Å². The van der Waals surface area contributed by atoms with E-state index in [1.165, 1.54) is 17.2 Å². The number of anilines is 1. The number of aliphatic hydroxyl groups excluding tert-OH is 2. The van der Waals surface area contributed by atoms with Crippen molar-refractivity contribution in [2.24, 2.45) is 0 Å². The summed E-state index contributed by atoms with van der Waals surface area (Å²) in [7, 11) is 0. The van der Waals surface area contributed by atoms with Gasteiger partial charge in [-0.05, 0) is 0 Å². The van der Waals surface area contributed by atoms with Crippen LogP contribution in [0.25, 0.3) is 11.2 Å². The average Bonchev–Trinajstić information content (AvgIpc) is 2.96. The SMILES string of the molecule is C[Se](=O)C[C@H]1O[C@@H](n2cnc3c(N)ncnc32)[C@H](O)[C@@H]1O. The van der Waals surface area contributed by atoms with Gasteiger partial charge in [0, 0.05) is 0 Å². The Hall–Kier alpha value is -1.45. The van der Waals surface area contributed by atoms with Crippen molar-refractivity contribution in [1.29, 1.82) is 0 Å². The molecule has 21 heavy (non-hydrogen) atoms. The second-order valence-electron chi connectivity index (χ2n) is 4.87. The van der Waals surface area contributed by atoms with E-state index in [0.29, 0.717) is 11.2 Å². The van der Waals surface area contributed by atoms with Gasteiger partial charge < -0.3 is 0 Å². The van der Waals surface area contributed by atoms with Gasteiger partial charge in [-0.1, -0.05) is 0 Å². The van der Waals surface area contributed by atoms with E-state index in [-0.39, 0.29) is 11.1 Å². The summed E-state index contributed by atoms with van der Waals surface area (Å²) in [5.74, 6) is 1.83. The van der Waals surface area contributed by atoms with E-state index in [4.69, 9.17) is 10.5 Å². The van der Waals surface area contributed by atoms with E-state index < -0.39 is 38.4 Å². The van der Waals surface area contributed by atoms with Crippen molar-refractivity contribution in [3.05, 3.63) is 12.7 Å². The standard InChI is InChI=1S/C11H15N5O4Se/c1-21(19)2-5-7(17)8(18)11(20-5)16-4-15-6-9(12)13-3-14-10(6)16/h3-5,7-8,11,17-18H,2H2,1H3,(H2,12,13,14)/t5-,7-,8-,11-,21?/m1/s1. The van der Waals surface area contributed by atoms with Crippen LogP contribution in [-0.2, 0) is 8.57 Å². The predicted octanol–water partition coefficient (Wildman–Crippen LogP) is -0.921. The second-order valence-corrected chi connectivity index (χ2v) is 7.97. The summed E-state index contributed by atoms with van der Waals surface area (Å²) in [6.07, 6.45) is -1.07. The molecule has 0 aromatic carbocycles. The van der Waals surface area contributed by atoms with Crippen molar-refractivity contribution < 1.29 is 18.8 Å². The van der Waals surface area contributed by atoms with E-state index in [9.17, 15) is 14.0 Å². The summed E-state index contributed by atoms with van der Waals surface area (Å²) >= 11 is -2.04. The molecule has 1 unspecified atom stereocenters. The van der Waals surface area contributed by atoms with Gasteiger partial charge in [0.05, 0.1) is 0 Å². The number of imidazole rings is 1. The number of rotatable bonds is 3. The molecule has 9 nitrogen and oxygen atoms in total. The summed E-state index contributed by atoms with van der Waals surface area (Å²) in [4.78, 5) is 12.0. The van der Waals surface area contributed by atoms with Crippen molar-refractivity contribution in [3.63, 3.8) is 0 Å². The average molecular weight is 360 g/mol. The van der Waals surface area contributed by atoms with Gasteiger partial charge in [0.15, 0.2) is 0 Å². The molecule has 2 aromatic rings. The first kappa shape index (κ1) is 14.5. The minimum atomic E-state index is -2.04. The van der Waals surface area contributed by atoms with Crippen LogP contribution in [0, 0.1) is 0 Å². The Morgan fingerprint density at radius 1 is 1.38 bits per heavy atom. The monoisotopic (exact) mass is 361 g/mol. The van der Waals surface area contributed by atoms with Crippen molar-refractivity contribution in [3.8, 4) is 0 Å². The van der Waals surface area contributed by atoms with Crippen LogP contribution < -0.4 is 5.73 Å². The van der Waals surface area contributed by atoms with Crippen molar-refractivity contribution in [2.45, 2.75) is 35.7 Å². The number of aliphatic hydroxyl groups is 2. The fraction of sp³-hybridized carbons (Fsp3) is 0.545. The zero-order valence-electron chi connectivity index (χ0n) is 11.2. The van der Waals surface area contributed by atoms with Gasteiger partial charge in [-0.15, -0.1) is 0 Å². The summed E-state index contributed by atoms with van der Waals surface area (Å²) in [5.41, 5.74) is 6.52. The fourth-order valence-electron chi connectivity index (χ4n) is 2.38. The van der Waals surface area contributed by atoms with E-state index in [2.05, 4.69) is 15.0 Å². The molecule has 1 aliphatic heterocycles. The van der Waals surface area contributed by atoms with Gasteiger partial charge >= 0.3 is 123 Å². The summed E-state index contributed by atoms with van der Waals surface area (Å²) in [6, 6.07) is 0. The molecular formula is C11H15N5O4Se. The van der Waals surface area contributed by atoms with Crippen LogP contribution >= 0.6 is 0 Å². The third-order valence-electron chi connectivity index (χ3n) is 3.40. The van der Waals surface area contributed by atoms with E-state index in [1.54, 1.807) is 5.82 Å². The number of hydrogen-bond acceptors (Lipinski definition) is 8. The van der Waals surface area contributed by atoms with Gasteiger partial charge in [-0.2, -0.15) is 0 Å². The Morgan fingerprint density at radius 2 is 2.14 bits per heavy atom. The zero-order valence-corrected chi connectivity index (χ0v) is 12.9. The number of fused-ring (bicyclic) bond motifs is 1. The molecule has 0 spiro atoms. The number of nitrogens with zero attached hydrogens (tertiary/aromatic N) is 4. The first-order valence-corrected chi connectivity index (χ1v) is 9.86. The number of nitrogen functional groups attached to an aromatic ring is 1. The minimum absolute atomic E-state index is 0.225. The first-order chi connectivity index (χ1) is 9.99. The molecule has 4 N–H and O–H groups in total. The molecule has 1 saturated heterocycles. The molecule has 3 rings (SSSR count). The fourth-order valence-corrected chi connectivity index (χ4v) is 3.93. The van der Waals surface area contributed by atoms with E-state index in [1.807, 2.05) is 0 Å². The van der Waals surface area contributed by atoms with Crippen LogP contribution in [0.15, 0.2) is 12.7 Å². The molecule has 1 fully saturated rings. The maximum absolute atomic E-state index is 11.4. The summed E-state index contributed by atoms with van der Waals surface area (Å²) < 4.78 is 18.5. The van der Waals surface area contributed by atoms with Crippen LogP contribution in [0.2, 0.25) is 11.1 Å². The Bertz CT molecular complexity index is 692. The Balaban J connectivity index is 1.96. The predicted molar refractivity (Wildman–Crippen MR) is 72.8 cm³/mol. The van der Waals surface area contributed by atoms with Crippen molar-refractivity contribution >= 4 is 30.8 Å². The molecular weight excluding hydrogens is 345 g/mol. The third-order valence-corrected chi connectivity index (χ3v) is 5.07. The molecule has 0 bridgehead atoms. The molecule has 10 heteroatoms. The topological polar surface area (TPSA) is 136 Å². The Morgan fingerprint density at radius 3 is 2.86 bits per heavy atom. The molecule has 0 saturated carbocycles. The quantitative estimate of drug-likeness (QED) is 0.598. The molecule has 1 aliphatic rings. The molecule has 2 aromatic heterocycles. The normalized spacial score (nSPS) is 30.8. The van der Waals surface area contributed by atoms with Gasteiger partial charge in [0.2, 0.25) is 0 Å². The molecule has 114 valence electrons. The van der Waals surface area contributed by atoms with Crippen molar-refractivity contribution in [1.82, 2.24) is 19.5 Å². The van der Waals surface area contributed by atoms with Crippen LogP contribution in [0.4, 0.5) is 5.82 Å². The van der Waals surface area contributed by atoms with Crippen LogP contribution in [0.1, 0.15) is 6.23 Å². The molecule has 0 amide bonds. The molecule has 5 atom stereocenters. The van der Waals surface area contributed by atoms with Gasteiger partial charge in [-0.3, -0.25) is 0 Å². The van der Waals surface area contributed by atoms with Crippen LogP contribution in [0.5, 0.6) is 0 Å². The third kappa shape index (κ3) is 2.45. The zero-order chi connectivity index (χ0) is 15.1. The molecule has 3 heterocycles. The van der Waals surface area contributed by atoms with Gasteiger partial charge in [0.1, 0.15) is 0 Å². The molecule has 0 aliphatic carbocycles. The Labute approximate surface area is 123 Å². The van der Waals surface area contributed by atoms with Gasteiger partial charge in [-0.25, -0.2) is 0 Å². The van der Waals surface area contributed by atoms with Crippen molar-refractivity contribution in [2.75, 3.05) is 5.73 Å². The summed E-state index contributed by atoms with van der Waals surface area (Å²) in [5, 5.41) is 20.4. The molecule has 0 radical (unpaired) electrons. The van der Waals surface area contributed by atoms with Crippen LogP contribution in [-0.4, -0.2) is 61.9 Å². The number of nitrogens with two attached hydrogens (primary N) is 1. The van der Waals surface area contributed by atoms with E-state index >= 15 is 0 Å². The van der Waals surface area contributed by atoms with E-state index in [0.717, 1.165) is 0 Å². The second kappa shape index (κ2) is 5.39. The van der Waals surface area contributed by atoms with Gasteiger partial charge in [0.25, 0.3) is 0 Å². The first-order valence-electron chi connectivity index (χ1n) is 6.23. The number of ether oxygens (including phenoxy) is 1. The number of aromatic nitrogens is 4. The number of hydrogen-bond donors (Lipinski definition) is 3. The maximum atomic E-state index is 11.4.